The number of aromatic nitrogens is 3. The highest BCUT2D eigenvalue weighted by molar-refractivity contribution is 5.75. The van der Waals surface area contributed by atoms with Crippen LogP contribution in [-0.2, 0) is 30.8 Å². The lowest BCUT2D eigenvalue weighted by Gasteiger charge is -2.10. The fourth-order valence-corrected chi connectivity index (χ4v) is 3.13. The van der Waals surface area contributed by atoms with Gasteiger partial charge in [0.25, 0.3) is 0 Å². The first-order valence-electron chi connectivity index (χ1n) is 9.68. The average Bonchev–Trinajstić information content (AvgIpc) is 2.82. The van der Waals surface area contributed by atoms with Crippen LogP contribution in [0.1, 0.15) is 44.5 Å². The van der Waals surface area contributed by atoms with Gasteiger partial charge in [0.2, 0.25) is 5.91 Å². The number of rotatable bonds is 7. The molecular weight excluding hydrogens is 344 g/mol. The number of ether oxygens (including phenoxy) is 1. The molecule has 0 aliphatic carbocycles. The predicted octanol–water partition coefficient (Wildman–Crippen LogP) is 2.12. The summed E-state index contributed by atoms with van der Waals surface area (Å²) in [6.07, 6.45) is 3.94. The van der Waals surface area contributed by atoms with Crippen molar-refractivity contribution in [3.8, 4) is 5.75 Å². The number of hydrogen-bond acceptors (Lipinski definition) is 4. The van der Waals surface area contributed by atoms with Gasteiger partial charge in [0.15, 0.2) is 0 Å². The Kier molecular flexibility index (Phi) is 6.32. The van der Waals surface area contributed by atoms with Gasteiger partial charge >= 0.3 is 5.69 Å². The van der Waals surface area contributed by atoms with Crippen LogP contribution in [0.3, 0.4) is 0 Å². The number of nitrogens with zero attached hydrogens (tertiary/aromatic N) is 3. The van der Waals surface area contributed by atoms with Crippen molar-refractivity contribution < 1.29 is 9.53 Å². The van der Waals surface area contributed by atoms with Crippen LogP contribution < -0.4 is 15.7 Å². The molecule has 2 heterocycles. The number of fused-ring (bicyclic) bond motifs is 1. The molecule has 1 aromatic carbocycles. The molecule has 1 aromatic heterocycles. The molecule has 0 saturated carbocycles. The number of aryl methyl sites for hydroxylation is 1. The Morgan fingerprint density at radius 2 is 2.15 bits per heavy atom. The molecule has 1 amide bonds. The Hall–Kier alpha value is -2.57. The van der Waals surface area contributed by atoms with E-state index in [1.165, 1.54) is 4.68 Å². The van der Waals surface area contributed by atoms with Crippen molar-refractivity contribution >= 4 is 5.91 Å². The molecule has 7 nitrogen and oxygen atoms in total. The van der Waals surface area contributed by atoms with Crippen LogP contribution in [0.15, 0.2) is 29.1 Å². The molecule has 0 atom stereocenters. The maximum Gasteiger partial charge on any atom is 0.346 e. The summed E-state index contributed by atoms with van der Waals surface area (Å²) < 4.78 is 8.69. The fourth-order valence-electron chi connectivity index (χ4n) is 3.13. The van der Waals surface area contributed by atoms with E-state index in [9.17, 15) is 9.59 Å². The second kappa shape index (κ2) is 8.88. The molecule has 1 N–H and O–H groups in total. The van der Waals surface area contributed by atoms with E-state index in [0.717, 1.165) is 42.8 Å². The number of carbonyl (C=O) groups excluding carboxylic acids is 1. The van der Waals surface area contributed by atoms with Gasteiger partial charge in [0.1, 0.15) is 18.1 Å². The number of benzene rings is 1. The second-order valence-electron chi connectivity index (χ2n) is 7.45. The second-order valence-corrected chi connectivity index (χ2v) is 7.45. The third kappa shape index (κ3) is 5.21. The smallest absolute Gasteiger partial charge is 0.346 e. The molecule has 27 heavy (non-hydrogen) atoms. The molecule has 0 fully saturated rings. The summed E-state index contributed by atoms with van der Waals surface area (Å²) in [4.78, 5) is 24.7. The Labute approximate surface area is 159 Å². The van der Waals surface area contributed by atoms with Crippen molar-refractivity contribution in [3.05, 3.63) is 46.1 Å². The highest BCUT2D eigenvalue weighted by atomic mass is 16.5. The molecule has 1 aliphatic rings. The highest BCUT2D eigenvalue weighted by Crippen LogP contribution is 2.14. The summed E-state index contributed by atoms with van der Waals surface area (Å²) in [7, 11) is 0. The third-order valence-corrected chi connectivity index (χ3v) is 4.55. The van der Waals surface area contributed by atoms with Crippen LogP contribution >= 0.6 is 0 Å². The van der Waals surface area contributed by atoms with E-state index in [1.54, 1.807) is 4.57 Å². The first kappa shape index (κ1) is 19.2. The van der Waals surface area contributed by atoms with Gasteiger partial charge in [-0.15, -0.1) is 0 Å². The lowest BCUT2D eigenvalue weighted by atomic mass is 10.2. The van der Waals surface area contributed by atoms with Crippen molar-refractivity contribution in [1.82, 2.24) is 19.7 Å². The summed E-state index contributed by atoms with van der Waals surface area (Å²) in [5.74, 6) is 1.82. The van der Waals surface area contributed by atoms with Gasteiger partial charge in [-0.25, -0.2) is 9.48 Å². The van der Waals surface area contributed by atoms with Crippen molar-refractivity contribution in [1.29, 1.82) is 0 Å². The molecular formula is C20H28N4O3. The first-order valence-corrected chi connectivity index (χ1v) is 9.68. The quantitative estimate of drug-likeness (QED) is 0.808. The molecule has 0 bridgehead atoms. The molecule has 3 rings (SSSR count). The molecule has 0 unspecified atom stereocenters. The highest BCUT2D eigenvalue weighted by Gasteiger charge is 2.17. The van der Waals surface area contributed by atoms with E-state index in [-0.39, 0.29) is 18.1 Å². The maximum atomic E-state index is 12.4. The SMILES string of the molecule is CC(C)COc1cccc(CNC(=O)Cn2nc3n(c2=O)CCCCC3)c1. The summed E-state index contributed by atoms with van der Waals surface area (Å²) >= 11 is 0. The van der Waals surface area contributed by atoms with Gasteiger partial charge in [-0.2, -0.15) is 5.10 Å². The van der Waals surface area contributed by atoms with Crippen molar-refractivity contribution in [2.45, 2.75) is 59.2 Å². The number of nitrogens with one attached hydrogen (secondary N) is 1. The van der Waals surface area contributed by atoms with E-state index in [4.69, 9.17) is 4.74 Å². The average molecular weight is 372 g/mol. The lowest BCUT2D eigenvalue weighted by molar-refractivity contribution is -0.122. The Morgan fingerprint density at radius 1 is 1.30 bits per heavy atom. The van der Waals surface area contributed by atoms with Gasteiger partial charge in [0.05, 0.1) is 6.61 Å². The largest absolute Gasteiger partial charge is 0.493 e. The van der Waals surface area contributed by atoms with Gasteiger partial charge < -0.3 is 10.1 Å². The lowest BCUT2D eigenvalue weighted by Crippen LogP contribution is -2.33. The summed E-state index contributed by atoms with van der Waals surface area (Å²) in [5.41, 5.74) is 0.767. The zero-order valence-corrected chi connectivity index (χ0v) is 16.1. The minimum absolute atomic E-state index is 0.0532. The molecule has 146 valence electrons. The zero-order valence-electron chi connectivity index (χ0n) is 16.1. The van der Waals surface area contributed by atoms with Gasteiger partial charge in [0, 0.05) is 19.5 Å². The molecule has 1 aliphatic heterocycles. The molecule has 2 aromatic rings. The first-order chi connectivity index (χ1) is 13.0. The standard InChI is InChI=1S/C20H28N4O3/c1-15(2)14-27-17-8-6-7-16(11-17)12-21-19(25)13-24-20(26)23-10-5-3-4-9-18(23)22-24/h6-8,11,15H,3-5,9-10,12-14H2,1-2H3,(H,21,25). The molecule has 0 spiro atoms. The monoisotopic (exact) mass is 372 g/mol. The van der Waals surface area contributed by atoms with E-state index in [1.807, 2.05) is 24.3 Å². The topological polar surface area (TPSA) is 78.2 Å². The Bertz CT molecular complexity index is 838. The van der Waals surface area contributed by atoms with Gasteiger partial charge in [-0.1, -0.05) is 32.4 Å². The molecule has 0 saturated heterocycles. The molecule has 7 heteroatoms. The van der Waals surface area contributed by atoms with Crippen molar-refractivity contribution in [3.63, 3.8) is 0 Å². The van der Waals surface area contributed by atoms with E-state index in [2.05, 4.69) is 24.3 Å². The minimum atomic E-state index is -0.223. The maximum absolute atomic E-state index is 12.4. The van der Waals surface area contributed by atoms with E-state index in [0.29, 0.717) is 25.6 Å². The number of carbonyl (C=O) groups is 1. The van der Waals surface area contributed by atoms with E-state index < -0.39 is 0 Å². The van der Waals surface area contributed by atoms with Crippen LogP contribution in [-0.4, -0.2) is 26.9 Å². The third-order valence-electron chi connectivity index (χ3n) is 4.55. The van der Waals surface area contributed by atoms with E-state index >= 15 is 0 Å². The van der Waals surface area contributed by atoms with Gasteiger partial charge in [-0.3, -0.25) is 9.36 Å². The fraction of sp³-hybridized carbons (Fsp3) is 0.550. The summed E-state index contributed by atoms with van der Waals surface area (Å²) in [5, 5.41) is 7.20. The van der Waals surface area contributed by atoms with Crippen LogP contribution in [0.4, 0.5) is 0 Å². The van der Waals surface area contributed by atoms with Gasteiger partial charge in [-0.05, 0) is 36.5 Å². The Balaban J connectivity index is 1.56. The summed E-state index contributed by atoms with van der Waals surface area (Å²) in [6, 6.07) is 7.68. The normalized spacial score (nSPS) is 13.9. The zero-order chi connectivity index (χ0) is 19.2. The van der Waals surface area contributed by atoms with Crippen LogP contribution in [0, 0.1) is 5.92 Å². The molecule has 0 radical (unpaired) electrons. The van der Waals surface area contributed by atoms with Crippen LogP contribution in [0.5, 0.6) is 5.75 Å². The summed E-state index contributed by atoms with van der Waals surface area (Å²) in [6.45, 7) is 5.88. The number of amides is 1. The van der Waals surface area contributed by atoms with Crippen LogP contribution in [0.2, 0.25) is 0 Å². The van der Waals surface area contributed by atoms with Crippen LogP contribution in [0.25, 0.3) is 0 Å². The predicted molar refractivity (Wildman–Crippen MR) is 103 cm³/mol. The van der Waals surface area contributed by atoms with Crippen molar-refractivity contribution in [2.75, 3.05) is 6.61 Å². The number of hydrogen-bond donors (Lipinski definition) is 1. The Morgan fingerprint density at radius 3 is 2.96 bits per heavy atom. The minimum Gasteiger partial charge on any atom is -0.493 e. The van der Waals surface area contributed by atoms with Crippen molar-refractivity contribution in [2.24, 2.45) is 5.92 Å².